The van der Waals surface area contributed by atoms with Crippen LogP contribution in [0.25, 0.3) is 5.76 Å². The van der Waals surface area contributed by atoms with Crippen LogP contribution in [0, 0.1) is 19.7 Å². The lowest BCUT2D eigenvalue weighted by molar-refractivity contribution is -0.132. The number of nitrogens with zero attached hydrogens (tertiary/aromatic N) is 2. The van der Waals surface area contributed by atoms with Crippen LogP contribution in [0.2, 0.25) is 0 Å². The number of amides is 1. The summed E-state index contributed by atoms with van der Waals surface area (Å²) in [7, 11) is 0. The number of aliphatic hydroxyl groups is 1. The van der Waals surface area contributed by atoms with Crippen molar-refractivity contribution < 1.29 is 28.6 Å². The van der Waals surface area contributed by atoms with Crippen molar-refractivity contribution in [2.24, 2.45) is 0 Å². The molecule has 3 aromatic rings. The Hall–Kier alpha value is -3.37. The van der Waals surface area contributed by atoms with E-state index in [9.17, 15) is 23.9 Å². The van der Waals surface area contributed by atoms with Crippen molar-refractivity contribution in [2.45, 2.75) is 26.8 Å². The van der Waals surface area contributed by atoms with Crippen molar-refractivity contribution in [3.8, 4) is 0 Å². The molecule has 0 bridgehead atoms. The lowest BCUT2D eigenvalue weighted by Crippen LogP contribution is -2.29. The van der Waals surface area contributed by atoms with Gasteiger partial charge < -0.3 is 9.84 Å². The standard InChI is InChI=1S/C25H20BrFN2O5S/c1-4-34-24(33)22-13(3)28-25(35-22)29-19(14-6-5-7-16(26)10-14)18(21(31)23(29)32)20(30)15-9-8-12(2)17(27)11-15/h5-11,19,30H,4H2,1-3H3. The molecule has 0 radical (unpaired) electrons. The molecule has 7 nitrogen and oxygen atoms in total. The number of ketones is 1. The summed E-state index contributed by atoms with van der Waals surface area (Å²) in [5.74, 6) is -3.52. The van der Waals surface area contributed by atoms with E-state index in [1.807, 2.05) is 0 Å². The van der Waals surface area contributed by atoms with Gasteiger partial charge in [0.05, 0.1) is 23.9 Å². The van der Waals surface area contributed by atoms with Gasteiger partial charge in [0.15, 0.2) is 5.13 Å². The molecule has 10 heteroatoms. The zero-order valence-corrected chi connectivity index (χ0v) is 21.4. The van der Waals surface area contributed by atoms with E-state index in [0.29, 0.717) is 21.3 Å². The molecule has 1 fully saturated rings. The molecule has 0 aliphatic carbocycles. The maximum absolute atomic E-state index is 14.2. The Morgan fingerprint density at radius 1 is 1.23 bits per heavy atom. The van der Waals surface area contributed by atoms with Crippen LogP contribution in [0.5, 0.6) is 0 Å². The van der Waals surface area contributed by atoms with Gasteiger partial charge in [0.25, 0.3) is 5.78 Å². The number of hydrogen-bond acceptors (Lipinski definition) is 7. The molecule has 1 N–H and O–H groups in total. The smallest absolute Gasteiger partial charge is 0.350 e. The van der Waals surface area contributed by atoms with E-state index in [0.717, 1.165) is 22.3 Å². The summed E-state index contributed by atoms with van der Waals surface area (Å²) < 4.78 is 20.0. The van der Waals surface area contributed by atoms with Crippen LogP contribution in [0.3, 0.4) is 0 Å². The normalized spacial score (nSPS) is 17.2. The number of anilines is 1. The largest absolute Gasteiger partial charge is 0.507 e. The van der Waals surface area contributed by atoms with Gasteiger partial charge in [0.2, 0.25) is 0 Å². The van der Waals surface area contributed by atoms with Crippen LogP contribution in [0.4, 0.5) is 9.52 Å². The molecule has 1 saturated heterocycles. The summed E-state index contributed by atoms with van der Waals surface area (Å²) in [6.45, 7) is 5.02. The molecule has 0 saturated carbocycles. The average molecular weight is 559 g/mol. The maximum Gasteiger partial charge on any atom is 0.350 e. The predicted octanol–water partition coefficient (Wildman–Crippen LogP) is 5.46. The number of rotatable bonds is 5. The van der Waals surface area contributed by atoms with Gasteiger partial charge >= 0.3 is 11.9 Å². The minimum Gasteiger partial charge on any atom is -0.507 e. The van der Waals surface area contributed by atoms with Gasteiger partial charge in [-0.3, -0.25) is 14.5 Å². The van der Waals surface area contributed by atoms with Crippen molar-refractivity contribution in [1.82, 2.24) is 4.98 Å². The summed E-state index contributed by atoms with van der Waals surface area (Å²) in [4.78, 5) is 44.5. The molecule has 1 amide bonds. The fraction of sp³-hybridized carbons (Fsp3) is 0.200. The number of esters is 1. The van der Waals surface area contributed by atoms with Crippen molar-refractivity contribution in [3.05, 3.63) is 85.6 Å². The molecular weight excluding hydrogens is 539 g/mol. The molecule has 1 unspecified atom stereocenters. The van der Waals surface area contributed by atoms with Gasteiger partial charge in [0, 0.05) is 10.0 Å². The minimum atomic E-state index is -1.06. The summed E-state index contributed by atoms with van der Waals surface area (Å²) in [5, 5.41) is 11.2. The van der Waals surface area contributed by atoms with Crippen molar-refractivity contribution in [1.29, 1.82) is 0 Å². The summed E-state index contributed by atoms with van der Waals surface area (Å²) in [5.41, 5.74) is 1.09. The Labute approximate surface area is 213 Å². The van der Waals surface area contributed by atoms with Crippen LogP contribution in [0.15, 0.2) is 52.5 Å². The highest BCUT2D eigenvalue weighted by molar-refractivity contribution is 9.10. The fourth-order valence-electron chi connectivity index (χ4n) is 3.79. The van der Waals surface area contributed by atoms with Gasteiger partial charge in [-0.2, -0.15) is 0 Å². The number of hydrogen-bond donors (Lipinski definition) is 1. The van der Waals surface area contributed by atoms with E-state index >= 15 is 0 Å². The molecule has 35 heavy (non-hydrogen) atoms. The average Bonchev–Trinajstić information content (AvgIpc) is 3.32. The maximum atomic E-state index is 14.2. The molecular formula is C25H20BrFN2O5S. The van der Waals surface area contributed by atoms with Gasteiger partial charge in [0.1, 0.15) is 16.5 Å². The van der Waals surface area contributed by atoms with E-state index in [2.05, 4.69) is 20.9 Å². The molecule has 2 heterocycles. The number of carbonyl (C=O) groups is 3. The zero-order valence-electron chi connectivity index (χ0n) is 19.0. The number of aromatic nitrogens is 1. The topological polar surface area (TPSA) is 96.8 Å². The van der Waals surface area contributed by atoms with Crippen LogP contribution >= 0.6 is 27.3 Å². The Bertz CT molecular complexity index is 1400. The number of thiazole rings is 1. The monoisotopic (exact) mass is 558 g/mol. The number of aliphatic hydroxyl groups excluding tert-OH is 1. The summed E-state index contributed by atoms with van der Waals surface area (Å²) in [6, 6.07) is 9.92. The second kappa shape index (κ2) is 9.71. The highest BCUT2D eigenvalue weighted by atomic mass is 79.9. The lowest BCUT2D eigenvalue weighted by atomic mass is 9.95. The Balaban J connectivity index is 1.93. The Morgan fingerprint density at radius 3 is 2.63 bits per heavy atom. The minimum absolute atomic E-state index is 0.0635. The SMILES string of the molecule is CCOC(=O)c1sc(N2C(=O)C(=O)C(=C(O)c3ccc(C)c(F)c3)C2c2cccc(Br)c2)nc1C. The predicted molar refractivity (Wildman–Crippen MR) is 133 cm³/mol. The third-order valence-corrected chi connectivity index (χ3v) is 7.14. The van der Waals surface area contributed by atoms with E-state index in [4.69, 9.17) is 4.74 Å². The van der Waals surface area contributed by atoms with Gasteiger partial charge in [-0.05, 0) is 50.1 Å². The molecule has 180 valence electrons. The molecule has 1 aliphatic rings. The van der Waals surface area contributed by atoms with Gasteiger partial charge in [-0.25, -0.2) is 14.2 Å². The number of halogens is 2. The summed E-state index contributed by atoms with van der Waals surface area (Å²) >= 11 is 4.31. The second-order valence-corrected chi connectivity index (χ2v) is 9.71. The first-order chi connectivity index (χ1) is 16.6. The highest BCUT2D eigenvalue weighted by Crippen LogP contribution is 2.44. The van der Waals surface area contributed by atoms with E-state index in [1.165, 1.54) is 12.1 Å². The molecule has 1 aliphatic heterocycles. The Kier molecular flexibility index (Phi) is 6.86. The zero-order chi connectivity index (χ0) is 25.4. The van der Waals surface area contributed by atoms with Crippen molar-refractivity contribution >= 4 is 55.8 Å². The number of carbonyl (C=O) groups excluding carboxylic acids is 3. The highest BCUT2D eigenvalue weighted by Gasteiger charge is 2.48. The lowest BCUT2D eigenvalue weighted by Gasteiger charge is -2.23. The van der Waals surface area contributed by atoms with E-state index in [-0.39, 0.29) is 27.8 Å². The first kappa shape index (κ1) is 24.7. The molecule has 4 rings (SSSR count). The quantitative estimate of drug-likeness (QED) is 0.193. The number of Topliss-reactive ketones (excluding diaryl/α,β-unsaturated/α-hetero) is 1. The molecule has 1 aromatic heterocycles. The molecule has 0 spiro atoms. The van der Waals surface area contributed by atoms with Crippen molar-refractivity contribution in [3.63, 3.8) is 0 Å². The molecule has 2 aromatic carbocycles. The number of ether oxygens (including phenoxy) is 1. The first-order valence-corrected chi connectivity index (χ1v) is 12.2. The van der Waals surface area contributed by atoms with Crippen molar-refractivity contribution in [2.75, 3.05) is 11.5 Å². The van der Waals surface area contributed by atoms with Gasteiger partial charge in [-0.1, -0.05) is 51.5 Å². The van der Waals surface area contributed by atoms with E-state index in [1.54, 1.807) is 45.0 Å². The van der Waals surface area contributed by atoms with Crippen LogP contribution in [-0.2, 0) is 14.3 Å². The number of aryl methyl sites for hydroxylation is 2. The first-order valence-electron chi connectivity index (χ1n) is 10.6. The van der Waals surface area contributed by atoms with E-state index < -0.39 is 35.3 Å². The van der Waals surface area contributed by atoms with Gasteiger partial charge in [-0.15, -0.1) is 0 Å². The van der Waals surface area contributed by atoms with Crippen LogP contribution in [0.1, 0.15) is 45.0 Å². The summed E-state index contributed by atoms with van der Waals surface area (Å²) in [6.07, 6.45) is 0. The molecule has 1 atom stereocenters. The second-order valence-electron chi connectivity index (χ2n) is 7.82. The third-order valence-electron chi connectivity index (χ3n) is 5.51. The third kappa shape index (κ3) is 4.51. The number of benzene rings is 2. The Morgan fingerprint density at radius 2 is 1.97 bits per heavy atom. The van der Waals surface area contributed by atoms with Crippen LogP contribution in [-0.4, -0.2) is 34.4 Å². The van der Waals surface area contributed by atoms with Crippen LogP contribution < -0.4 is 4.90 Å². The fourth-order valence-corrected chi connectivity index (χ4v) is 5.19.